The first kappa shape index (κ1) is 34.4. The maximum Gasteiger partial charge on any atom is 0.303 e. The molecule has 0 saturated carbocycles. The van der Waals surface area contributed by atoms with Crippen molar-refractivity contribution >= 4 is 5.97 Å². The Morgan fingerprint density at radius 1 is 0.406 bits per heavy atom. The first-order chi connectivity index (χ1) is 15.3. The van der Waals surface area contributed by atoms with Gasteiger partial charge in [0.05, 0.1) is 0 Å². The Balaban J connectivity index is 0. The van der Waals surface area contributed by atoms with Crippen LogP contribution in [0.4, 0.5) is 0 Å². The van der Waals surface area contributed by atoms with Gasteiger partial charge >= 0.3 is 5.97 Å². The van der Waals surface area contributed by atoms with Crippen LogP contribution in [0.3, 0.4) is 0 Å². The molecule has 0 aliphatic rings. The van der Waals surface area contributed by atoms with E-state index in [1.807, 2.05) is 0 Å². The molecule has 0 aromatic rings. The van der Waals surface area contributed by atoms with Crippen LogP contribution in [0, 0.1) is 0 Å². The van der Waals surface area contributed by atoms with Gasteiger partial charge in [-0.1, -0.05) is 167 Å². The largest absolute Gasteiger partial charge is 0.481 e. The third kappa shape index (κ3) is 32.4. The van der Waals surface area contributed by atoms with Crippen LogP contribution in [0.1, 0.15) is 180 Å². The van der Waals surface area contributed by atoms with Gasteiger partial charge in [0.15, 0.2) is 0 Å². The molecule has 32 heavy (non-hydrogen) atoms. The van der Waals surface area contributed by atoms with E-state index in [4.69, 9.17) is 5.11 Å². The van der Waals surface area contributed by atoms with E-state index in [9.17, 15) is 4.79 Å². The van der Waals surface area contributed by atoms with Gasteiger partial charge in [-0.05, 0) is 6.42 Å². The Hall–Kier alpha value is 0.210. The minimum Gasteiger partial charge on any atom is -0.481 e. The molecule has 2 nitrogen and oxygen atoms in total. The molecule has 0 rings (SSSR count). The molecule has 0 spiro atoms. The summed E-state index contributed by atoms with van der Waals surface area (Å²) in [7, 11) is 0. The molecule has 0 fully saturated rings. The Morgan fingerprint density at radius 2 is 0.594 bits per heavy atom. The van der Waals surface area contributed by atoms with E-state index in [1.165, 1.54) is 154 Å². The van der Waals surface area contributed by atoms with Crippen molar-refractivity contribution in [3.63, 3.8) is 0 Å². The molecule has 0 saturated heterocycles. The quantitative estimate of drug-likeness (QED) is 0.0822. The number of hydrogen-bond acceptors (Lipinski definition) is 1. The third-order valence-corrected chi connectivity index (χ3v) is 6.74. The molecular weight excluding hydrogens is 488 g/mol. The molecule has 0 heterocycles. The Morgan fingerprint density at radius 3 is 0.781 bits per heavy atom. The molecule has 3 heteroatoms. The van der Waals surface area contributed by atoms with Gasteiger partial charge < -0.3 is 5.11 Å². The molecule has 0 unspecified atom stereocenters. The average Bonchev–Trinajstić information content (AvgIpc) is 2.76. The summed E-state index contributed by atoms with van der Waals surface area (Å²) < 4.78 is 0. The zero-order valence-electron chi connectivity index (χ0n) is 21.7. The number of rotatable bonds is 27. The topological polar surface area (TPSA) is 37.3 Å². The second kappa shape index (κ2) is 31.2. The Labute approximate surface area is 218 Å². The van der Waals surface area contributed by atoms with Crippen molar-refractivity contribution in [1.82, 2.24) is 0 Å². The fourth-order valence-corrected chi connectivity index (χ4v) is 4.59. The second-order valence-electron chi connectivity index (χ2n) is 9.98. The summed E-state index contributed by atoms with van der Waals surface area (Å²) in [5.41, 5.74) is 0. The van der Waals surface area contributed by atoms with Crippen LogP contribution in [-0.2, 0) is 27.2 Å². The van der Waals surface area contributed by atoms with Crippen molar-refractivity contribution < 1.29 is 32.3 Å². The van der Waals surface area contributed by atoms with Gasteiger partial charge in [-0.25, -0.2) is 0 Å². The number of carbonyl (C=O) groups is 1. The van der Waals surface area contributed by atoms with Gasteiger partial charge in [-0.3, -0.25) is 4.79 Å². The summed E-state index contributed by atoms with van der Waals surface area (Å²) in [5, 5.41) is 8.60. The van der Waals surface area contributed by atoms with E-state index >= 15 is 0 Å². The van der Waals surface area contributed by atoms with Crippen LogP contribution in [0.25, 0.3) is 0 Å². The molecule has 0 atom stereocenters. The van der Waals surface area contributed by atoms with Crippen molar-refractivity contribution in [3.05, 3.63) is 0 Å². The van der Waals surface area contributed by atoms with Crippen LogP contribution in [0.5, 0.6) is 0 Å². The van der Waals surface area contributed by atoms with Gasteiger partial charge in [0, 0.05) is 28.8 Å². The fraction of sp³-hybridized carbons (Fsp3) is 0.966. The summed E-state index contributed by atoms with van der Waals surface area (Å²) in [5.74, 6) is -0.649. The zero-order valence-corrected chi connectivity index (χ0v) is 23.2. The van der Waals surface area contributed by atoms with Crippen LogP contribution < -0.4 is 0 Å². The van der Waals surface area contributed by atoms with Gasteiger partial charge in [0.1, 0.15) is 0 Å². The van der Waals surface area contributed by atoms with E-state index in [-0.39, 0.29) is 22.4 Å². The first-order valence-electron chi connectivity index (χ1n) is 14.5. The van der Waals surface area contributed by atoms with Crippen LogP contribution >= 0.6 is 0 Å². The molecule has 0 amide bonds. The average molecular weight is 547 g/mol. The van der Waals surface area contributed by atoms with Gasteiger partial charge in [0.2, 0.25) is 0 Å². The smallest absolute Gasteiger partial charge is 0.303 e. The first-order valence-corrected chi connectivity index (χ1v) is 14.5. The molecule has 0 bridgehead atoms. The van der Waals surface area contributed by atoms with E-state index in [2.05, 4.69) is 6.92 Å². The maximum atomic E-state index is 10.4. The molecule has 0 aromatic carbocycles. The van der Waals surface area contributed by atoms with Gasteiger partial charge in [-0.15, -0.1) is 0 Å². The molecule has 0 aliphatic carbocycles. The van der Waals surface area contributed by atoms with Crippen LogP contribution in [-0.4, -0.2) is 11.1 Å². The molecule has 197 valence electrons. The van der Waals surface area contributed by atoms with Crippen molar-refractivity contribution in [2.24, 2.45) is 0 Å². The van der Waals surface area contributed by atoms with E-state index in [0.29, 0.717) is 6.42 Å². The molecule has 0 aliphatic heterocycles. The van der Waals surface area contributed by atoms with Gasteiger partial charge in [-0.2, -0.15) is 0 Å². The number of aliphatic carboxylic acids is 1. The van der Waals surface area contributed by atoms with Gasteiger partial charge in [0.25, 0.3) is 0 Å². The molecule has 1 radical (unpaired) electrons. The van der Waals surface area contributed by atoms with Crippen molar-refractivity contribution in [2.75, 3.05) is 0 Å². The maximum absolute atomic E-state index is 10.4. The van der Waals surface area contributed by atoms with Crippen LogP contribution in [0.15, 0.2) is 0 Å². The van der Waals surface area contributed by atoms with Crippen molar-refractivity contribution in [3.8, 4) is 0 Å². The predicted octanol–water partition coefficient (Wildman–Crippen LogP) is 10.6. The summed E-state index contributed by atoms with van der Waals surface area (Å²) in [6.07, 6.45) is 36.5. The Kier molecular flexibility index (Phi) is 33.5. The summed E-state index contributed by atoms with van der Waals surface area (Å²) in [6, 6.07) is 0. The SMILES string of the molecule is CCCCCCCCCCCCCCCCCCCCCCCCCCCCC(=O)O.[Ag]. The Bertz CT molecular complexity index is 346. The minimum absolute atomic E-state index is 0. The van der Waals surface area contributed by atoms with Crippen molar-refractivity contribution in [2.45, 2.75) is 180 Å². The van der Waals surface area contributed by atoms with Crippen molar-refractivity contribution in [1.29, 1.82) is 0 Å². The number of carboxylic acids is 1. The summed E-state index contributed by atoms with van der Waals surface area (Å²) in [6.45, 7) is 2.30. The third-order valence-electron chi connectivity index (χ3n) is 6.74. The number of hydrogen-bond donors (Lipinski definition) is 1. The fourth-order valence-electron chi connectivity index (χ4n) is 4.59. The minimum atomic E-state index is -0.649. The standard InChI is InChI=1S/C29H58O2.Ag/c1-2-3-4-5-6-7-8-9-10-11-12-13-14-15-16-17-18-19-20-21-22-23-24-25-26-27-28-29(30)31;/h2-28H2,1H3,(H,30,31);. The zero-order chi connectivity index (χ0) is 22.7. The van der Waals surface area contributed by atoms with Crippen LogP contribution in [0.2, 0.25) is 0 Å². The molecular formula is C29H58AgO2. The second-order valence-corrected chi connectivity index (χ2v) is 9.98. The molecule has 1 N–H and O–H groups in total. The van der Waals surface area contributed by atoms with E-state index in [0.717, 1.165) is 12.8 Å². The number of carboxylic acid groups (broad SMARTS) is 1. The summed E-state index contributed by atoms with van der Waals surface area (Å²) >= 11 is 0. The molecule has 0 aromatic heterocycles. The number of unbranched alkanes of at least 4 members (excludes halogenated alkanes) is 25. The van der Waals surface area contributed by atoms with E-state index < -0.39 is 5.97 Å². The monoisotopic (exact) mass is 545 g/mol. The normalized spacial score (nSPS) is 10.9. The van der Waals surface area contributed by atoms with E-state index in [1.54, 1.807) is 0 Å². The summed E-state index contributed by atoms with van der Waals surface area (Å²) in [4.78, 5) is 10.4. The predicted molar refractivity (Wildman–Crippen MR) is 138 cm³/mol.